The molecule has 178 valence electrons. The molecule has 0 radical (unpaired) electrons. The quantitative estimate of drug-likeness (QED) is 0.273. The fraction of sp³-hybridized carbons (Fsp3) is 0.267. The van der Waals surface area contributed by atoms with E-state index >= 15 is 0 Å². The van der Waals surface area contributed by atoms with Crippen LogP contribution in [0.2, 0.25) is 0 Å². The van der Waals surface area contributed by atoms with Crippen molar-refractivity contribution in [2.24, 2.45) is 0 Å². The first-order valence-corrected chi connectivity index (χ1v) is 11.9. The van der Waals surface area contributed by atoms with Gasteiger partial charge < -0.3 is 0 Å². The van der Waals surface area contributed by atoms with Gasteiger partial charge in [0.15, 0.2) is 0 Å². The zero-order chi connectivity index (χ0) is 21.6. The molecule has 1 aliphatic heterocycles. The summed E-state index contributed by atoms with van der Waals surface area (Å²) in [5.74, 6) is 0. The number of aryl methyl sites for hydroxylation is 1. The lowest BCUT2D eigenvalue weighted by Crippen LogP contribution is -2.52. The molecule has 1 heterocycles. The van der Waals surface area contributed by atoms with Crippen molar-refractivity contribution in [3.63, 3.8) is 0 Å². The maximum Gasteiger partial charge on any atom is 0.0237 e. The van der Waals surface area contributed by atoms with E-state index in [0.29, 0.717) is 6.04 Å². The van der Waals surface area contributed by atoms with Crippen molar-refractivity contribution in [2.45, 2.75) is 32.0 Å². The number of fused-ring (bicyclic) bond motifs is 1. The maximum atomic E-state index is 2.71. The van der Waals surface area contributed by atoms with Gasteiger partial charge in [0.25, 0.3) is 0 Å². The van der Waals surface area contributed by atoms with Gasteiger partial charge >= 0.3 is 0 Å². The zero-order valence-electron chi connectivity index (χ0n) is 19.6. The number of rotatable bonds is 7. The van der Waals surface area contributed by atoms with Crippen molar-refractivity contribution in [1.82, 2.24) is 9.80 Å². The predicted molar refractivity (Wildman–Crippen MR) is 149 cm³/mol. The van der Waals surface area contributed by atoms with Crippen molar-refractivity contribution >= 4 is 35.6 Å². The molecule has 0 spiro atoms. The number of nitrogens with zero attached hydrogens (tertiary/aromatic N) is 2. The van der Waals surface area contributed by atoms with E-state index in [9.17, 15) is 0 Å². The molecule has 1 unspecified atom stereocenters. The summed E-state index contributed by atoms with van der Waals surface area (Å²) in [5, 5.41) is 2.68. The third-order valence-corrected chi connectivity index (χ3v) is 6.75. The fourth-order valence-electron chi connectivity index (χ4n) is 4.97. The molecule has 0 aliphatic carbocycles. The molecule has 1 saturated heterocycles. The number of piperazine rings is 1. The van der Waals surface area contributed by atoms with Crippen LogP contribution in [0.15, 0.2) is 103 Å². The molecule has 0 bridgehead atoms. The highest BCUT2D eigenvalue weighted by Gasteiger charge is 2.26. The second kappa shape index (κ2) is 12.9. The first-order valence-electron chi connectivity index (χ1n) is 11.9. The summed E-state index contributed by atoms with van der Waals surface area (Å²) < 4.78 is 0. The summed E-state index contributed by atoms with van der Waals surface area (Å²) in [6, 6.07) is 38.1. The molecule has 1 aliphatic rings. The van der Waals surface area contributed by atoms with Gasteiger partial charge in [0.05, 0.1) is 0 Å². The van der Waals surface area contributed by atoms with Crippen LogP contribution < -0.4 is 0 Å². The molecular weight excluding hydrogens is 459 g/mol. The summed E-state index contributed by atoms with van der Waals surface area (Å²) in [4.78, 5) is 5.35. The topological polar surface area (TPSA) is 6.48 Å². The highest BCUT2D eigenvalue weighted by atomic mass is 35.5. The van der Waals surface area contributed by atoms with E-state index in [-0.39, 0.29) is 24.8 Å². The second-order valence-electron chi connectivity index (χ2n) is 9.05. The lowest BCUT2D eigenvalue weighted by atomic mass is 9.98. The van der Waals surface area contributed by atoms with Crippen molar-refractivity contribution < 1.29 is 0 Å². The van der Waals surface area contributed by atoms with Crippen LogP contribution in [0.5, 0.6) is 0 Å². The van der Waals surface area contributed by atoms with Gasteiger partial charge in [0.1, 0.15) is 0 Å². The molecule has 34 heavy (non-hydrogen) atoms. The predicted octanol–water partition coefficient (Wildman–Crippen LogP) is 7.00. The van der Waals surface area contributed by atoms with E-state index in [1.807, 2.05) is 0 Å². The minimum Gasteiger partial charge on any atom is -0.296 e. The lowest BCUT2D eigenvalue weighted by molar-refractivity contribution is 0.0597. The smallest absolute Gasteiger partial charge is 0.0237 e. The molecular formula is C30H34Cl2N2. The van der Waals surface area contributed by atoms with Gasteiger partial charge in [-0.25, -0.2) is 0 Å². The minimum atomic E-state index is 0. The number of benzene rings is 4. The van der Waals surface area contributed by atoms with Crippen molar-refractivity contribution in [3.05, 3.63) is 120 Å². The Morgan fingerprint density at radius 2 is 1.21 bits per heavy atom. The standard InChI is InChI=1S/C30H32N2.2ClH/c1-3-9-26(10-4-1)22-31-19-20-32(23-27-11-5-2-6-12-27)30(24-31)18-16-25-15-17-28-13-7-8-14-29(28)21-25;;/h1-15,17,21,30H,16,18-20,22-24H2;2*1H. The first kappa shape index (κ1) is 26.2. The summed E-state index contributed by atoms with van der Waals surface area (Å²) >= 11 is 0. The molecule has 5 rings (SSSR count). The van der Waals surface area contributed by atoms with E-state index < -0.39 is 0 Å². The number of hydrogen-bond donors (Lipinski definition) is 0. The molecule has 0 saturated carbocycles. The average molecular weight is 494 g/mol. The SMILES string of the molecule is Cl.Cl.c1ccc(CN2CCN(Cc3ccccc3)C(CCc3ccc4ccccc4c3)C2)cc1. The van der Waals surface area contributed by atoms with Crippen LogP contribution >= 0.6 is 24.8 Å². The van der Waals surface area contributed by atoms with Gasteiger partial charge in [-0.2, -0.15) is 0 Å². The van der Waals surface area contributed by atoms with Gasteiger partial charge in [0, 0.05) is 38.8 Å². The van der Waals surface area contributed by atoms with Gasteiger partial charge in [-0.05, 0) is 40.3 Å². The molecule has 2 nitrogen and oxygen atoms in total. The van der Waals surface area contributed by atoms with E-state index in [0.717, 1.165) is 39.1 Å². The fourth-order valence-corrected chi connectivity index (χ4v) is 4.97. The van der Waals surface area contributed by atoms with Crippen LogP contribution in [-0.2, 0) is 19.5 Å². The summed E-state index contributed by atoms with van der Waals surface area (Å²) in [5.41, 5.74) is 4.28. The van der Waals surface area contributed by atoms with Crippen LogP contribution in [0.25, 0.3) is 10.8 Å². The Morgan fingerprint density at radius 3 is 1.91 bits per heavy atom. The Kier molecular flexibility index (Phi) is 9.98. The van der Waals surface area contributed by atoms with Crippen molar-refractivity contribution in [1.29, 1.82) is 0 Å². The first-order chi connectivity index (χ1) is 15.8. The van der Waals surface area contributed by atoms with Crippen molar-refractivity contribution in [2.75, 3.05) is 19.6 Å². The Morgan fingerprint density at radius 1 is 0.588 bits per heavy atom. The summed E-state index contributed by atoms with van der Waals surface area (Å²) in [7, 11) is 0. The second-order valence-corrected chi connectivity index (χ2v) is 9.05. The third-order valence-electron chi connectivity index (χ3n) is 6.75. The van der Waals surface area contributed by atoms with Crippen LogP contribution in [0.3, 0.4) is 0 Å². The largest absolute Gasteiger partial charge is 0.296 e. The minimum absolute atomic E-state index is 0. The highest BCUT2D eigenvalue weighted by Crippen LogP contribution is 2.22. The lowest BCUT2D eigenvalue weighted by Gasteiger charge is -2.42. The molecule has 0 aromatic heterocycles. The number of halogens is 2. The Bertz CT molecular complexity index is 1130. The normalized spacial score (nSPS) is 16.5. The average Bonchev–Trinajstić information content (AvgIpc) is 2.85. The molecule has 0 amide bonds. The van der Waals surface area contributed by atoms with Gasteiger partial charge in [-0.3, -0.25) is 9.80 Å². The van der Waals surface area contributed by atoms with Gasteiger partial charge in [-0.1, -0.05) is 103 Å². The van der Waals surface area contributed by atoms with Crippen LogP contribution in [0.4, 0.5) is 0 Å². The molecule has 4 aromatic rings. The Hall–Kier alpha value is -2.36. The van der Waals surface area contributed by atoms with Crippen LogP contribution in [0, 0.1) is 0 Å². The molecule has 1 fully saturated rings. The molecule has 4 aromatic carbocycles. The Balaban J connectivity index is 0.00000162. The summed E-state index contributed by atoms with van der Waals surface area (Å²) in [6.45, 7) is 5.49. The van der Waals surface area contributed by atoms with Gasteiger partial charge in [-0.15, -0.1) is 24.8 Å². The van der Waals surface area contributed by atoms with Crippen LogP contribution in [-0.4, -0.2) is 35.5 Å². The highest BCUT2D eigenvalue weighted by molar-refractivity contribution is 5.85. The molecule has 0 N–H and O–H groups in total. The van der Waals surface area contributed by atoms with Gasteiger partial charge in [0.2, 0.25) is 0 Å². The molecule has 1 atom stereocenters. The maximum absolute atomic E-state index is 2.71. The molecule has 4 heteroatoms. The van der Waals surface area contributed by atoms with E-state index in [4.69, 9.17) is 0 Å². The van der Waals surface area contributed by atoms with Crippen LogP contribution in [0.1, 0.15) is 23.1 Å². The zero-order valence-corrected chi connectivity index (χ0v) is 21.2. The van der Waals surface area contributed by atoms with E-state index in [1.54, 1.807) is 0 Å². The van der Waals surface area contributed by atoms with Crippen molar-refractivity contribution in [3.8, 4) is 0 Å². The number of hydrogen-bond acceptors (Lipinski definition) is 2. The third kappa shape index (κ3) is 6.84. The Labute approximate surface area is 216 Å². The van der Waals surface area contributed by atoms with E-state index in [1.165, 1.54) is 33.9 Å². The monoisotopic (exact) mass is 492 g/mol. The summed E-state index contributed by atoms with van der Waals surface area (Å²) in [6.07, 6.45) is 2.32. The van der Waals surface area contributed by atoms with E-state index in [2.05, 4.69) is 113 Å².